The number of amides is 1. The minimum Gasteiger partial charge on any atom is -0.399 e. The first-order chi connectivity index (χ1) is 8.16. The number of carbonyl (C=O) groups is 1. The summed E-state index contributed by atoms with van der Waals surface area (Å²) >= 11 is 0. The van der Waals surface area contributed by atoms with E-state index in [1.807, 2.05) is 0 Å². The second kappa shape index (κ2) is 11.1. The molecule has 1 amide bonds. The maximum atomic E-state index is 11.2. The van der Waals surface area contributed by atoms with Gasteiger partial charge in [-0.05, 0) is 6.08 Å². The van der Waals surface area contributed by atoms with E-state index in [-0.39, 0.29) is 12.3 Å². The van der Waals surface area contributed by atoms with E-state index in [2.05, 4.69) is 11.9 Å². The van der Waals surface area contributed by atoms with Crippen molar-refractivity contribution in [2.24, 2.45) is 11.5 Å². The Morgan fingerprint density at radius 2 is 1.88 bits per heavy atom. The highest BCUT2D eigenvalue weighted by atomic mass is 16.5. The van der Waals surface area contributed by atoms with Crippen molar-refractivity contribution in [3.8, 4) is 0 Å². The summed E-state index contributed by atoms with van der Waals surface area (Å²) in [7, 11) is 0. The van der Waals surface area contributed by atoms with Gasteiger partial charge in [0, 0.05) is 18.4 Å². The summed E-state index contributed by atoms with van der Waals surface area (Å²) in [4.78, 5) is 11.2. The van der Waals surface area contributed by atoms with E-state index in [9.17, 15) is 4.79 Å². The van der Waals surface area contributed by atoms with E-state index in [4.69, 9.17) is 20.9 Å². The average molecular weight is 243 g/mol. The zero-order valence-electron chi connectivity index (χ0n) is 9.98. The number of allylic oxidation sites excluding steroid dienone is 1. The van der Waals surface area contributed by atoms with E-state index in [0.717, 1.165) is 0 Å². The van der Waals surface area contributed by atoms with Crippen LogP contribution in [0, 0.1) is 0 Å². The molecule has 0 saturated heterocycles. The van der Waals surface area contributed by atoms with Crippen LogP contribution in [0.4, 0.5) is 0 Å². The predicted molar refractivity (Wildman–Crippen MR) is 65.9 cm³/mol. The van der Waals surface area contributed by atoms with Gasteiger partial charge in [-0.25, -0.2) is 0 Å². The van der Waals surface area contributed by atoms with Crippen LogP contribution in [0.25, 0.3) is 0 Å². The van der Waals surface area contributed by atoms with Crippen LogP contribution >= 0.6 is 0 Å². The van der Waals surface area contributed by atoms with Gasteiger partial charge in [-0.1, -0.05) is 6.58 Å². The van der Waals surface area contributed by atoms with Crippen molar-refractivity contribution in [3.63, 3.8) is 0 Å². The summed E-state index contributed by atoms with van der Waals surface area (Å²) in [5, 5.41) is 2.54. The summed E-state index contributed by atoms with van der Waals surface area (Å²) in [5.41, 5.74) is 10.9. The smallest absolute Gasteiger partial charge is 0.226 e. The lowest BCUT2D eigenvalue weighted by Gasteiger charge is -2.04. The molecular weight excluding hydrogens is 222 g/mol. The number of hydrogen-bond acceptors (Lipinski definition) is 5. The number of carbonyl (C=O) groups excluding carboxylic acids is 1. The van der Waals surface area contributed by atoms with Crippen molar-refractivity contribution < 1.29 is 14.3 Å². The maximum absolute atomic E-state index is 11.2. The topological polar surface area (TPSA) is 99.6 Å². The van der Waals surface area contributed by atoms with Gasteiger partial charge in [0.25, 0.3) is 0 Å². The van der Waals surface area contributed by atoms with E-state index in [1.165, 1.54) is 12.3 Å². The van der Waals surface area contributed by atoms with E-state index >= 15 is 0 Å². The Morgan fingerprint density at radius 3 is 2.47 bits per heavy atom. The minimum absolute atomic E-state index is 0.134. The van der Waals surface area contributed by atoms with Crippen LogP contribution < -0.4 is 16.8 Å². The minimum atomic E-state index is -0.134. The molecule has 6 heteroatoms. The molecule has 0 saturated carbocycles. The summed E-state index contributed by atoms with van der Waals surface area (Å²) in [6.45, 7) is 5.79. The molecule has 0 bridgehead atoms. The van der Waals surface area contributed by atoms with Crippen molar-refractivity contribution in [1.29, 1.82) is 0 Å². The molecule has 5 N–H and O–H groups in total. The molecule has 0 spiro atoms. The Labute approximate surface area is 102 Å². The van der Waals surface area contributed by atoms with Crippen molar-refractivity contribution in [3.05, 3.63) is 24.6 Å². The molecule has 0 aromatic rings. The van der Waals surface area contributed by atoms with Gasteiger partial charge in [-0.3, -0.25) is 4.79 Å². The summed E-state index contributed by atoms with van der Waals surface area (Å²) in [6, 6.07) is 0. The van der Waals surface area contributed by atoms with E-state index in [1.54, 1.807) is 0 Å². The van der Waals surface area contributed by atoms with Crippen LogP contribution in [0.2, 0.25) is 0 Å². The lowest BCUT2D eigenvalue weighted by molar-refractivity contribution is -0.121. The summed E-state index contributed by atoms with van der Waals surface area (Å²) < 4.78 is 10.3. The standard InChI is InChI=1S/C11H21N3O3/c1-10(13)2-5-14-11(15)3-6-16-8-9-17-7-4-12/h2,5H,1,3-4,6-9,12-13H2,(H,14,15)/b5-2+. The largest absolute Gasteiger partial charge is 0.399 e. The Morgan fingerprint density at radius 1 is 1.24 bits per heavy atom. The third-order valence-electron chi connectivity index (χ3n) is 1.65. The molecular formula is C11H21N3O3. The molecule has 0 rings (SSSR count). The Hall–Kier alpha value is -1.37. The highest BCUT2D eigenvalue weighted by Crippen LogP contribution is 1.85. The van der Waals surface area contributed by atoms with Gasteiger partial charge in [-0.15, -0.1) is 0 Å². The predicted octanol–water partition coefficient (Wildman–Crippen LogP) is -0.529. The number of nitrogens with one attached hydrogen (secondary N) is 1. The quantitative estimate of drug-likeness (QED) is 0.354. The molecule has 0 heterocycles. The van der Waals surface area contributed by atoms with Crippen molar-refractivity contribution in [1.82, 2.24) is 5.32 Å². The second-order valence-electron chi connectivity index (χ2n) is 3.24. The highest BCUT2D eigenvalue weighted by Gasteiger charge is 1.98. The first-order valence-corrected chi connectivity index (χ1v) is 5.42. The zero-order valence-corrected chi connectivity index (χ0v) is 9.98. The summed E-state index contributed by atoms with van der Waals surface area (Å²) in [5.74, 6) is -0.134. The van der Waals surface area contributed by atoms with Crippen LogP contribution in [-0.4, -0.2) is 38.9 Å². The zero-order chi connectivity index (χ0) is 12.9. The van der Waals surface area contributed by atoms with Crippen molar-refractivity contribution in [2.45, 2.75) is 6.42 Å². The summed E-state index contributed by atoms with van der Waals surface area (Å²) in [6.07, 6.45) is 3.26. The van der Waals surface area contributed by atoms with Crippen LogP contribution in [0.5, 0.6) is 0 Å². The number of hydrogen-bond donors (Lipinski definition) is 3. The first kappa shape index (κ1) is 15.6. The number of ether oxygens (including phenoxy) is 2. The molecule has 0 radical (unpaired) electrons. The third-order valence-corrected chi connectivity index (χ3v) is 1.65. The molecule has 0 aliphatic heterocycles. The molecule has 0 aliphatic carbocycles. The molecule has 0 fully saturated rings. The fourth-order valence-corrected chi connectivity index (χ4v) is 0.884. The average Bonchev–Trinajstić information content (AvgIpc) is 2.27. The van der Waals surface area contributed by atoms with Crippen LogP contribution in [-0.2, 0) is 14.3 Å². The van der Waals surface area contributed by atoms with Gasteiger partial charge >= 0.3 is 0 Å². The molecule has 0 aliphatic rings. The Balaban J connectivity index is 3.30. The van der Waals surface area contributed by atoms with E-state index in [0.29, 0.717) is 38.7 Å². The molecule has 6 nitrogen and oxygen atoms in total. The molecule has 0 unspecified atom stereocenters. The Kier molecular flexibility index (Phi) is 10.2. The van der Waals surface area contributed by atoms with Gasteiger partial charge in [0.15, 0.2) is 0 Å². The maximum Gasteiger partial charge on any atom is 0.226 e. The molecule has 98 valence electrons. The van der Waals surface area contributed by atoms with Crippen molar-refractivity contribution >= 4 is 5.91 Å². The van der Waals surface area contributed by atoms with Crippen LogP contribution in [0.3, 0.4) is 0 Å². The lowest BCUT2D eigenvalue weighted by atomic mass is 10.4. The van der Waals surface area contributed by atoms with Gasteiger partial charge < -0.3 is 26.3 Å². The number of rotatable bonds is 10. The molecule has 0 atom stereocenters. The fraction of sp³-hybridized carbons (Fsp3) is 0.545. The third kappa shape index (κ3) is 12.6. The van der Waals surface area contributed by atoms with Crippen LogP contribution in [0.1, 0.15) is 6.42 Å². The molecule has 0 aromatic heterocycles. The fourth-order valence-electron chi connectivity index (χ4n) is 0.884. The second-order valence-corrected chi connectivity index (χ2v) is 3.24. The van der Waals surface area contributed by atoms with Gasteiger partial charge in [-0.2, -0.15) is 0 Å². The van der Waals surface area contributed by atoms with Gasteiger partial charge in [0.2, 0.25) is 5.91 Å². The highest BCUT2D eigenvalue weighted by molar-refractivity contribution is 5.76. The SMILES string of the molecule is C=C(N)/C=C/NC(=O)CCOCCOCCN. The Bertz CT molecular complexity index is 254. The molecule has 17 heavy (non-hydrogen) atoms. The lowest BCUT2D eigenvalue weighted by Crippen LogP contribution is -2.19. The monoisotopic (exact) mass is 243 g/mol. The number of nitrogens with two attached hydrogens (primary N) is 2. The van der Waals surface area contributed by atoms with Gasteiger partial charge in [0.05, 0.1) is 32.8 Å². The van der Waals surface area contributed by atoms with Crippen molar-refractivity contribution in [2.75, 3.05) is 33.0 Å². The first-order valence-electron chi connectivity index (χ1n) is 5.42. The van der Waals surface area contributed by atoms with Crippen LogP contribution in [0.15, 0.2) is 24.6 Å². The van der Waals surface area contributed by atoms with E-state index < -0.39 is 0 Å². The normalized spacial score (nSPS) is 10.6. The molecule has 0 aromatic carbocycles. The van der Waals surface area contributed by atoms with Gasteiger partial charge in [0.1, 0.15) is 0 Å².